The molecule has 0 bridgehead atoms. The summed E-state index contributed by atoms with van der Waals surface area (Å²) >= 11 is 0. The van der Waals surface area contributed by atoms with Crippen molar-refractivity contribution < 1.29 is 0 Å². The highest BCUT2D eigenvalue weighted by atomic mass is 14.9. The molecule has 0 saturated heterocycles. The lowest BCUT2D eigenvalue weighted by Gasteiger charge is -2.00. The van der Waals surface area contributed by atoms with E-state index in [-0.39, 0.29) is 0 Å². The number of benzene rings is 1. The Kier molecular flexibility index (Phi) is 1.69. The van der Waals surface area contributed by atoms with E-state index < -0.39 is 0 Å². The van der Waals surface area contributed by atoms with Gasteiger partial charge in [0.1, 0.15) is 5.82 Å². The molecule has 1 aromatic heterocycles. The van der Waals surface area contributed by atoms with Crippen LogP contribution in [0.15, 0.2) is 24.4 Å². The highest BCUT2D eigenvalue weighted by molar-refractivity contribution is 5.79. The van der Waals surface area contributed by atoms with E-state index in [0.29, 0.717) is 11.5 Å². The van der Waals surface area contributed by atoms with Gasteiger partial charge in [-0.1, -0.05) is 0 Å². The first-order valence-corrected chi connectivity index (χ1v) is 5.03. The van der Waals surface area contributed by atoms with Gasteiger partial charge in [-0.3, -0.25) is 0 Å². The second-order valence-electron chi connectivity index (χ2n) is 3.89. The van der Waals surface area contributed by atoms with Gasteiger partial charge in [-0.25, -0.2) is 9.97 Å². The van der Waals surface area contributed by atoms with Crippen molar-refractivity contribution in [2.75, 3.05) is 0 Å². The molecule has 1 heterocycles. The Morgan fingerprint density at radius 1 is 1.33 bits per heavy atom. The van der Waals surface area contributed by atoms with Crippen LogP contribution in [-0.2, 0) is 0 Å². The van der Waals surface area contributed by atoms with Crippen LogP contribution in [0.4, 0.5) is 0 Å². The summed E-state index contributed by atoms with van der Waals surface area (Å²) in [5.74, 6) is 1.53. The van der Waals surface area contributed by atoms with Gasteiger partial charge >= 0.3 is 0 Å². The van der Waals surface area contributed by atoms with Crippen molar-refractivity contribution in [2.45, 2.75) is 18.8 Å². The fourth-order valence-corrected chi connectivity index (χ4v) is 1.66. The minimum atomic E-state index is 0.574. The molecule has 2 aromatic rings. The summed E-state index contributed by atoms with van der Waals surface area (Å²) < 4.78 is 0. The molecule has 3 heteroatoms. The molecule has 0 N–H and O–H groups in total. The molecule has 72 valence electrons. The van der Waals surface area contributed by atoms with Gasteiger partial charge in [0.15, 0.2) is 0 Å². The lowest BCUT2D eigenvalue weighted by molar-refractivity contribution is 0.947. The average Bonchev–Trinajstić information content (AvgIpc) is 3.11. The van der Waals surface area contributed by atoms with Crippen molar-refractivity contribution in [1.29, 1.82) is 5.26 Å². The lowest BCUT2D eigenvalue weighted by Crippen LogP contribution is -1.92. The molecule has 3 rings (SSSR count). The highest BCUT2D eigenvalue weighted by Gasteiger charge is 2.26. The van der Waals surface area contributed by atoms with Crippen molar-refractivity contribution >= 4 is 10.9 Å². The normalized spacial score (nSPS) is 15.1. The maximum atomic E-state index is 8.76. The molecule has 0 amide bonds. The van der Waals surface area contributed by atoms with Crippen LogP contribution in [0.2, 0.25) is 0 Å². The predicted molar refractivity (Wildman–Crippen MR) is 56.2 cm³/mol. The largest absolute Gasteiger partial charge is 0.240 e. The van der Waals surface area contributed by atoms with Crippen LogP contribution in [-0.4, -0.2) is 9.97 Å². The monoisotopic (exact) mass is 195 g/mol. The summed E-state index contributed by atoms with van der Waals surface area (Å²) in [6.45, 7) is 0. The Morgan fingerprint density at radius 2 is 2.20 bits per heavy atom. The minimum absolute atomic E-state index is 0.574. The summed E-state index contributed by atoms with van der Waals surface area (Å²) in [6.07, 6.45) is 4.24. The first-order valence-electron chi connectivity index (χ1n) is 5.03. The van der Waals surface area contributed by atoms with Gasteiger partial charge in [-0.05, 0) is 31.0 Å². The second-order valence-corrected chi connectivity index (χ2v) is 3.89. The van der Waals surface area contributed by atoms with Crippen LogP contribution in [0.1, 0.15) is 30.1 Å². The van der Waals surface area contributed by atoms with E-state index in [1.165, 1.54) is 12.8 Å². The maximum Gasteiger partial charge on any atom is 0.132 e. The van der Waals surface area contributed by atoms with E-state index in [1.54, 1.807) is 6.07 Å². The van der Waals surface area contributed by atoms with Gasteiger partial charge in [-0.2, -0.15) is 5.26 Å². The van der Waals surface area contributed by atoms with E-state index in [4.69, 9.17) is 5.26 Å². The third-order valence-corrected chi connectivity index (χ3v) is 2.67. The van der Waals surface area contributed by atoms with Crippen LogP contribution < -0.4 is 0 Å². The van der Waals surface area contributed by atoms with Gasteiger partial charge in [0.2, 0.25) is 0 Å². The molecular weight excluding hydrogens is 186 g/mol. The van der Waals surface area contributed by atoms with Crippen LogP contribution in [0, 0.1) is 11.3 Å². The Hall–Kier alpha value is -1.95. The number of hydrogen-bond donors (Lipinski definition) is 0. The van der Waals surface area contributed by atoms with Gasteiger partial charge in [-0.15, -0.1) is 0 Å². The van der Waals surface area contributed by atoms with E-state index in [1.807, 2.05) is 18.3 Å². The molecule has 1 aliphatic rings. The molecule has 0 aliphatic heterocycles. The van der Waals surface area contributed by atoms with Crippen LogP contribution in [0.3, 0.4) is 0 Å². The van der Waals surface area contributed by atoms with E-state index >= 15 is 0 Å². The maximum absolute atomic E-state index is 8.76. The van der Waals surface area contributed by atoms with Crippen molar-refractivity contribution in [3.63, 3.8) is 0 Å². The Bertz CT molecular complexity index is 565. The zero-order chi connectivity index (χ0) is 10.3. The molecule has 1 aliphatic carbocycles. The van der Waals surface area contributed by atoms with Crippen molar-refractivity contribution in [3.8, 4) is 6.07 Å². The first-order chi connectivity index (χ1) is 7.36. The van der Waals surface area contributed by atoms with Crippen LogP contribution in [0.25, 0.3) is 10.9 Å². The summed E-state index contributed by atoms with van der Waals surface area (Å²) in [5.41, 5.74) is 1.59. The molecule has 1 fully saturated rings. The summed E-state index contributed by atoms with van der Waals surface area (Å²) in [5, 5.41) is 9.70. The summed E-state index contributed by atoms with van der Waals surface area (Å²) in [4.78, 5) is 8.82. The zero-order valence-corrected chi connectivity index (χ0v) is 8.14. The lowest BCUT2D eigenvalue weighted by atomic mass is 10.1. The molecule has 0 unspecified atom stereocenters. The molecule has 15 heavy (non-hydrogen) atoms. The Morgan fingerprint density at radius 3 is 2.93 bits per heavy atom. The number of hydrogen-bond acceptors (Lipinski definition) is 3. The van der Waals surface area contributed by atoms with E-state index in [9.17, 15) is 0 Å². The SMILES string of the molecule is N#Cc1ccc2nc(C3CC3)ncc2c1. The fraction of sp³-hybridized carbons (Fsp3) is 0.250. The fourth-order valence-electron chi connectivity index (χ4n) is 1.66. The third kappa shape index (κ3) is 1.44. The molecule has 0 spiro atoms. The quantitative estimate of drug-likeness (QED) is 0.701. The van der Waals surface area contributed by atoms with Crippen LogP contribution >= 0.6 is 0 Å². The van der Waals surface area contributed by atoms with Crippen molar-refractivity contribution in [1.82, 2.24) is 9.97 Å². The van der Waals surface area contributed by atoms with E-state index in [0.717, 1.165) is 16.7 Å². The Balaban J connectivity index is 2.16. The molecule has 0 atom stereocenters. The van der Waals surface area contributed by atoms with Gasteiger partial charge in [0.05, 0.1) is 17.1 Å². The molecule has 3 nitrogen and oxygen atoms in total. The van der Waals surface area contributed by atoms with Gasteiger partial charge < -0.3 is 0 Å². The van der Waals surface area contributed by atoms with Gasteiger partial charge in [0, 0.05) is 17.5 Å². The molecular formula is C12H9N3. The molecule has 0 radical (unpaired) electrons. The topological polar surface area (TPSA) is 49.6 Å². The summed E-state index contributed by atoms with van der Waals surface area (Å²) in [6, 6.07) is 7.63. The number of fused-ring (bicyclic) bond motifs is 1. The number of nitrogens with zero attached hydrogens (tertiary/aromatic N) is 3. The number of nitriles is 1. The number of aromatic nitrogens is 2. The summed E-state index contributed by atoms with van der Waals surface area (Å²) in [7, 11) is 0. The van der Waals surface area contributed by atoms with Crippen LogP contribution in [0.5, 0.6) is 0 Å². The smallest absolute Gasteiger partial charge is 0.132 e. The Labute approximate surface area is 87.4 Å². The van der Waals surface area contributed by atoms with Crippen molar-refractivity contribution in [3.05, 3.63) is 35.8 Å². The van der Waals surface area contributed by atoms with Gasteiger partial charge in [0.25, 0.3) is 0 Å². The second kappa shape index (κ2) is 3.03. The van der Waals surface area contributed by atoms with E-state index in [2.05, 4.69) is 16.0 Å². The first kappa shape index (κ1) is 8.37. The van der Waals surface area contributed by atoms with Crippen molar-refractivity contribution in [2.24, 2.45) is 0 Å². The minimum Gasteiger partial charge on any atom is -0.240 e. The number of rotatable bonds is 1. The standard InChI is InChI=1S/C12H9N3/c13-6-8-1-4-11-10(5-8)7-14-12(15-11)9-2-3-9/h1,4-5,7,9H,2-3H2. The molecule has 1 saturated carbocycles. The zero-order valence-electron chi connectivity index (χ0n) is 8.14. The highest BCUT2D eigenvalue weighted by Crippen LogP contribution is 2.38. The molecule has 1 aromatic carbocycles. The predicted octanol–water partition coefficient (Wildman–Crippen LogP) is 2.38. The average molecular weight is 195 g/mol. The third-order valence-electron chi connectivity index (χ3n) is 2.67.